The van der Waals surface area contributed by atoms with E-state index in [1.54, 1.807) is 7.11 Å². The lowest BCUT2D eigenvalue weighted by molar-refractivity contribution is 0.155. The molecule has 1 aromatic rings. The molecule has 0 aromatic heterocycles. The molecule has 3 nitrogen and oxygen atoms in total. The summed E-state index contributed by atoms with van der Waals surface area (Å²) in [6.07, 6.45) is 2.13. The van der Waals surface area contributed by atoms with Crippen molar-refractivity contribution in [3.05, 3.63) is 29.3 Å². The van der Waals surface area contributed by atoms with Gasteiger partial charge in [0.2, 0.25) is 0 Å². The first-order valence-corrected chi connectivity index (χ1v) is 6.02. The van der Waals surface area contributed by atoms with Crippen molar-refractivity contribution >= 4 is 17.3 Å². The monoisotopic (exact) mass is 250 g/mol. The van der Waals surface area contributed by atoms with Crippen molar-refractivity contribution in [3.63, 3.8) is 0 Å². The summed E-state index contributed by atoms with van der Waals surface area (Å²) in [6.45, 7) is 0.374. The number of anilines is 1. The summed E-state index contributed by atoms with van der Waals surface area (Å²) in [5.41, 5.74) is 0.138. The third kappa shape index (κ3) is 2.54. The summed E-state index contributed by atoms with van der Waals surface area (Å²) in [5.74, 6) is 0.351. The van der Waals surface area contributed by atoms with Crippen molar-refractivity contribution in [2.45, 2.75) is 18.4 Å². The highest BCUT2D eigenvalue weighted by atomic mass is 35.5. The van der Waals surface area contributed by atoms with Crippen LogP contribution in [0.3, 0.4) is 0 Å². The standard InChI is InChI=1S/C13H15ClN2O/c1-17-9-13(8-15,10-6-7-10)16-12-5-3-2-4-11(12)14/h2-5,10,16H,6-7,9H2,1H3. The first kappa shape index (κ1) is 12.2. The van der Waals surface area contributed by atoms with E-state index in [0.29, 0.717) is 17.5 Å². The number of hydrogen-bond acceptors (Lipinski definition) is 3. The van der Waals surface area contributed by atoms with Crippen molar-refractivity contribution in [1.29, 1.82) is 5.26 Å². The molecule has 1 atom stereocenters. The second kappa shape index (κ2) is 4.95. The van der Waals surface area contributed by atoms with E-state index < -0.39 is 5.54 Å². The number of hydrogen-bond donors (Lipinski definition) is 1. The highest BCUT2D eigenvalue weighted by molar-refractivity contribution is 6.33. The van der Waals surface area contributed by atoms with Crippen molar-refractivity contribution in [3.8, 4) is 6.07 Å². The largest absolute Gasteiger partial charge is 0.381 e. The number of rotatable bonds is 5. The van der Waals surface area contributed by atoms with Gasteiger partial charge in [-0.3, -0.25) is 0 Å². The summed E-state index contributed by atoms with van der Waals surface area (Å²) in [5, 5.41) is 13.3. The van der Waals surface area contributed by atoms with Crippen LogP contribution >= 0.6 is 11.6 Å². The lowest BCUT2D eigenvalue weighted by Gasteiger charge is -2.28. The maximum absolute atomic E-state index is 9.43. The average Bonchev–Trinajstić information content (AvgIpc) is 3.15. The SMILES string of the molecule is COCC(C#N)(Nc1ccccc1Cl)C1CC1. The third-order valence-corrected chi connectivity index (χ3v) is 3.41. The highest BCUT2D eigenvalue weighted by Gasteiger charge is 2.46. The summed E-state index contributed by atoms with van der Waals surface area (Å²) in [4.78, 5) is 0. The van der Waals surface area contributed by atoms with Crippen LogP contribution in [0, 0.1) is 17.2 Å². The lowest BCUT2D eigenvalue weighted by Crippen LogP contribution is -2.43. The van der Waals surface area contributed by atoms with Gasteiger partial charge in [-0.25, -0.2) is 0 Å². The van der Waals surface area contributed by atoms with Crippen LogP contribution in [0.4, 0.5) is 5.69 Å². The molecule has 1 unspecified atom stereocenters. The van der Waals surface area contributed by atoms with Crippen LogP contribution in [0.25, 0.3) is 0 Å². The molecule has 0 heterocycles. The quantitative estimate of drug-likeness (QED) is 0.874. The summed E-state index contributed by atoms with van der Waals surface area (Å²) in [6, 6.07) is 9.82. The van der Waals surface area contributed by atoms with Gasteiger partial charge in [0.05, 0.1) is 23.4 Å². The normalized spacial score (nSPS) is 18.2. The summed E-state index contributed by atoms with van der Waals surface area (Å²) < 4.78 is 5.18. The zero-order valence-corrected chi connectivity index (χ0v) is 10.5. The van der Waals surface area contributed by atoms with Crippen LogP contribution in [0.1, 0.15) is 12.8 Å². The zero-order chi connectivity index (χ0) is 12.3. The Morgan fingerprint density at radius 2 is 2.24 bits per heavy atom. The van der Waals surface area contributed by atoms with Gasteiger partial charge in [-0.1, -0.05) is 23.7 Å². The molecule has 0 amide bonds. The molecule has 1 aromatic carbocycles. The summed E-state index contributed by atoms with van der Waals surface area (Å²) >= 11 is 6.10. The number of halogens is 1. The van der Waals surface area contributed by atoms with E-state index >= 15 is 0 Å². The molecular weight excluding hydrogens is 236 g/mol. The van der Waals surface area contributed by atoms with Gasteiger partial charge in [-0.2, -0.15) is 5.26 Å². The molecule has 1 aliphatic carbocycles. The number of nitrogens with one attached hydrogen (secondary N) is 1. The molecule has 0 saturated heterocycles. The van der Waals surface area contributed by atoms with Crippen molar-refractivity contribution < 1.29 is 4.74 Å². The van der Waals surface area contributed by atoms with E-state index in [4.69, 9.17) is 16.3 Å². The Hall–Kier alpha value is -1.24. The zero-order valence-electron chi connectivity index (χ0n) is 9.74. The fourth-order valence-corrected chi connectivity index (χ4v) is 2.20. The number of benzene rings is 1. The molecule has 1 aliphatic rings. The van der Waals surface area contributed by atoms with Gasteiger partial charge >= 0.3 is 0 Å². The van der Waals surface area contributed by atoms with E-state index in [1.165, 1.54) is 0 Å². The Balaban J connectivity index is 2.24. The number of nitriles is 1. The lowest BCUT2D eigenvalue weighted by atomic mass is 9.95. The Bertz CT molecular complexity index is 439. The van der Waals surface area contributed by atoms with E-state index in [1.807, 2.05) is 24.3 Å². The second-order valence-electron chi connectivity index (χ2n) is 4.40. The first-order chi connectivity index (χ1) is 8.22. The van der Waals surface area contributed by atoms with Crippen LogP contribution in [-0.4, -0.2) is 19.3 Å². The topological polar surface area (TPSA) is 45.0 Å². The number of nitrogens with zero attached hydrogens (tertiary/aromatic N) is 1. The van der Waals surface area contributed by atoms with Crippen molar-refractivity contribution in [2.24, 2.45) is 5.92 Å². The van der Waals surface area contributed by atoms with E-state index in [-0.39, 0.29) is 0 Å². The molecule has 90 valence electrons. The minimum atomic E-state index is -0.653. The fraction of sp³-hybridized carbons (Fsp3) is 0.462. The maximum atomic E-state index is 9.43. The Morgan fingerprint density at radius 1 is 1.53 bits per heavy atom. The van der Waals surface area contributed by atoms with Crippen LogP contribution in [0.5, 0.6) is 0 Å². The number of methoxy groups -OCH3 is 1. The molecule has 1 N–H and O–H groups in total. The highest BCUT2D eigenvalue weighted by Crippen LogP contribution is 2.42. The Kier molecular flexibility index (Phi) is 3.56. The predicted octanol–water partition coefficient (Wildman–Crippen LogP) is 3.07. The van der Waals surface area contributed by atoms with Crippen molar-refractivity contribution in [2.75, 3.05) is 19.0 Å². The molecule has 0 spiro atoms. The first-order valence-electron chi connectivity index (χ1n) is 5.65. The van der Waals surface area contributed by atoms with Gasteiger partial charge < -0.3 is 10.1 Å². The molecule has 4 heteroatoms. The molecular formula is C13H15ClN2O. The minimum absolute atomic E-state index is 0.351. The molecule has 17 heavy (non-hydrogen) atoms. The van der Waals surface area contributed by atoms with Gasteiger partial charge in [0.15, 0.2) is 5.54 Å². The molecule has 1 fully saturated rings. The fourth-order valence-electron chi connectivity index (χ4n) is 2.01. The molecule has 2 rings (SSSR count). The maximum Gasteiger partial charge on any atom is 0.151 e. The van der Waals surface area contributed by atoms with E-state index in [2.05, 4.69) is 11.4 Å². The van der Waals surface area contributed by atoms with Gasteiger partial charge in [-0.05, 0) is 30.9 Å². The van der Waals surface area contributed by atoms with E-state index in [0.717, 1.165) is 18.5 Å². The van der Waals surface area contributed by atoms with Crippen LogP contribution in [-0.2, 0) is 4.74 Å². The van der Waals surface area contributed by atoms with Crippen molar-refractivity contribution in [1.82, 2.24) is 0 Å². The molecule has 0 aliphatic heterocycles. The van der Waals surface area contributed by atoms with Gasteiger partial charge in [0.1, 0.15) is 0 Å². The Morgan fingerprint density at radius 3 is 2.76 bits per heavy atom. The molecule has 0 radical (unpaired) electrons. The van der Waals surface area contributed by atoms with Gasteiger partial charge in [-0.15, -0.1) is 0 Å². The predicted molar refractivity (Wildman–Crippen MR) is 68.0 cm³/mol. The van der Waals surface area contributed by atoms with Crippen LogP contribution in [0.15, 0.2) is 24.3 Å². The number of para-hydroxylation sites is 1. The molecule has 0 bridgehead atoms. The van der Waals surface area contributed by atoms with Gasteiger partial charge in [0, 0.05) is 7.11 Å². The van der Waals surface area contributed by atoms with Gasteiger partial charge in [0.25, 0.3) is 0 Å². The minimum Gasteiger partial charge on any atom is -0.381 e. The van der Waals surface area contributed by atoms with E-state index in [9.17, 15) is 5.26 Å². The smallest absolute Gasteiger partial charge is 0.151 e. The van der Waals surface area contributed by atoms with Crippen LogP contribution in [0.2, 0.25) is 5.02 Å². The third-order valence-electron chi connectivity index (χ3n) is 3.08. The average molecular weight is 251 g/mol. The Labute approximate surface area is 106 Å². The second-order valence-corrected chi connectivity index (χ2v) is 4.80. The molecule has 1 saturated carbocycles. The number of ether oxygens (including phenoxy) is 1. The summed E-state index contributed by atoms with van der Waals surface area (Å²) in [7, 11) is 1.61. The van der Waals surface area contributed by atoms with Crippen LogP contribution < -0.4 is 5.32 Å².